The number of benzene rings is 2. The van der Waals surface area contributed by atoms with Crippen LogP contribution in [0, 0.1) is 5.92 Å². The summed E-state index contributed by atoms with van der Waals surface area (Å²) in [4.78, 5) is 34.4. The summed E-state index contributed by atoms with van der Waals surface area (Å²) in [7, 11) is 0. The maximum atomic E-state index is 14.2. The minimum atomic E-state index is -1.05. The van der Waals surface area contributed by atoms with Gasteiger partial charge in [0.2, 0.25) is 5.91 Å². The number of fused-ring (bicyclic) bond motifs is 4. The van der Waals surface area contributed by atoms with Crippen LogP contribution in [0.5, 0.6) is 0 Å². The number of anilines is 1. The molecule has 1 amide bonds. The van der Waals surface area contributed by atoms with E-state index in [0.29, 0.717) is 16.5 Å². The third kappa shape index (κ3) is 2.66. The number of nitrogens with zero attached hydrogens (tertiary/aromatic N) is 2. The number of para-hydroxylation sites is 1. The average Bonchev–Trinajstić information content (AvgIpc) is 3.48. The Labute approximate surface area is 195 Å². The first-order chi connectivity index (χ1) is 15.6. The van der Waals surface area contributed by atoms with E-state index >= 15 is 0 Å². The van der Waals surface area contributed by atoms with Gasteiger partial charge in [0.25, 0.3) is 0 Å². The van der Waals surface area contributed by atoms with Crippen LogP contribution in [-0.4, -0.2) is 39.2 Å². The van der Waals surface area contributed by atoms with Gasteiger partial charge in [0.15, 0.2) is 5.78 Å². The van der Waals surface area contributed by atoms with Crippen molar-refractivity contribution in [2.75, 3.05) is 16.9 Å². The summed E-state index contributed by atoms with van der Waals surface area (Å²) in [5, 5.41) is 3.73. The molecule has 1 aromatic heterocycles. The van der Waals surface area contributed by atoms with E-state index in [2.05, 4.69) is 15.2 Å². The zero-order valence-corrected chi connectivity index (χ0v) is 18.6. The number of carbonyl (C=O) groups is 2. The summed E-state index contributed by atoms with van der Waals surface area (Å²) < 4.78 is 0. The van der Waals surface area contributed by atoms with Gasteiger partial charge in [0.05, 0.1) is 5.92 Å². The third-order valence-corrected chi connectivity index (χ3v) is 8.30. The van der Waals surface area contributed by atoms with Crippen molar-refractivity contribution in [3.05, 3.63) is 94.8 Å². The van der Waals surface area contributed by atoms with Gasteiger partial charge in [-0.05, 0) is 35.9 Å². The summed E-state index contributed by atoms with van der Waals surface area (Å²) in [5.74, 6) is 0.665. The fraction of sp³-hybridized carbons (Fsp3) is 0.240. The first-order valence-electron chi connectivity index (χ1n) is 10.6. The number of halogens is 1. The zero-order valence-electron chi connectivity index (χ0n) is 17.1. The molecule has 2 saturated heterocycles. The van der Waals surface area contributed by atoms with E-state index in [1.54, 1.807) is 24.5 Å². The lowest BCUT2D eigenvalue weighted by Gasteiger charge is -2.36. The van der Waals surface area contributed by atoms with E-state index in [4.69, 9.17) is 11.6 Å². The summed E-state index contributed by atoms with van der Waals surface area (Å²) >= 11 is 7.99. The lowest BCUT2D eigenvalue weighted by Crippen LogP contribution is -2.52. The molecule has 3 aliphatic rings. The molecule has 4 heterocycles. The molecular formula is C25H20ClN3O2S. The predicted molar refractivity (Wildman–Crippen MR) is 126 cm³/mol. The highest BCUT2D eigenvalue weighted by atomic mass is 35.5. The molecule has 1 spiro atoms. The number of amides is 1. The van der Waals surface area contributed by atoms with Crippen molar-refractivity contribution in [3.8, 4) is 0 Å². The first-order valence-corrected chi connectivity index (χ1v) is 12.1. The van der Waals surface area contributed by atoms with Gasteiger partial charge in [-0.2, -0.15) is 0 Å². The summed E-state index contributed by atoms with van der Waals surface area (Å²) in [6.45, 7) is 0. The van der Waals surface area contributed by atoms with Crippen molar-refractivity contribution in [3.63, 3.8) is 0 Å². The summed E-state index contributed by atoms with van der Waals surface area (Å²) in [6, 6.07) is 19.1. The van der Waals surface area contributed by atoms with E-state index in [0.717, 1.165) is 22.6 Å². The molecular weight excluding hydrogens is 442 g/mol. The van der Waals surface area contributed by atoms with E-state index in [9.17, 15) is 9.59 Å². The molecule has 4 atom stereocenters. The molecule has 2 aromatic carbocycles. The molecule has 1 N–H and O–H groups in total. The number of rotatable bonds is 3. The second-order valence-corrected chi connectivity index (χ2v) is 9.90. The molecule has 160 valence electrons. The number of Topliss-reactive ketones (excluding diaryl/α,β-unsaturated/α-hetero) is 1. The van der Waals surface area contributed by atoms with Crippen LogP contribution in [0.1, 0.15) is 27.4 Å². The molecule has 3 aliphatic heterocycles. The van der Waals surface area contributed by atoms with Gasteiger partial charge < -0.3 is 5.32 Å². The van der Waals surface area contributed by atoms with Crippen molar-refractivity contribution in [2.45, 2.75) is 17.5 Å². The quantitative estimate of drug-likeness (QED) is 0.579. The van der Waals surface area contributed by atoms with Crippen LogP contribution in [0.3, 0.4) is 0 Å². The number of pyridine rings is 1. The van der Waals surface area contributed by atoms with Crippen LogP contribution in [0.4, 0.5) is 5.69 Å². The third-order valence-electron chi connectivity index (χ3n) is 7.01. The highest BCUT2D eigenvalue weighted by Crippen LogP contribution is 2.61. The minimum absolute atomic E-state index is 0.0516. The number of hydrogen-bond donors (Lipinski definition) is 1. The number of thioether (sulfide) groups is 1. The number of nitrogens with one attached hydrogen (secondary N) is 1. The second-order valence-electron chi connectivity index (χ2n) is 8.46. The Morgan fingerprint density at radius 2 is 1.94 bits per heavy atom. The van der Waals surface area contributed by atoms with Gasteiger partial charge >= 0.3 is 0 Å². The van der Waals surface area contributed by atoms with Crippen molar-refractivity contribution >= 4 is 40.7 Å². The fourth-order valence-corrected chi connectivity index (χ4v) is 7.23. The molecule has 0 radical (unpaired) electrons. The lowest BCUT2D eigenvalue weighted by molar-refractivity contribution is -0.127. The van der Waals surface area contributed by atoms with Crippen LogP contribution in [0.25, 0.3) is 0 Å². The highest BCUT2D eigenvalue weighted by molar-refractivity contribution is 7.99. The minimum Gasteiger partial charge on any atom is -0.324 e. The number of hydrogen-bond acceptors (Lipinski definition) is 5. The predicted octanol–water partition coefficient (Wildman–Crippen LogP) is 4.55. The van der Waals surface area contributed by atoms with Crippen LogP contribution >= 0.6 is 23.4 Å². The molecule has 0 saturated carbocycles. The highest BCUT2D eigenvalue weighted by Gasteiger charge is 2.69. The SMILES string of the molecule is O=C(c1cccnc1)[C@H]1[C@H](c2ccc(Cl)cc2)[C@H]2CSCN2[C@]12C(=O)Nc1ccccc12. The summed E-state index contributed by atoms with van der Waals surface area (Å²) in [5.41, 5.74) is 2.18. The van der Waals surface area contributed by atoms with E-state index in [-0.39, 0.29) is 23.7 Å². The van der Waals surface area contributed by atoms with Gasteiger partial charge in [-0.15, -0.1) is 11.8 Å². The largest absolute Gasteiger partial charge is 0.324 e. The Bertz CT molecular complexity index is 1220. The van der Waals surface area contributed by atoms with E-state index in [1.807, 2.05) is 60.3 Å². The molecule has 5 nitrogen and oxygen atoms in total. The lowest BCUT2D eigenvalue weighted by atomic mass is 9.69. The van der Waals surface area contributed by atoms with Crippen LogP contribution in [0.2, 0.25) is 5.02 Å². The van der Waals surface area contributed by atoms with Gasteiger partial charge in [-0.25, -0.2) is 0 Å². The Balaban J connectivity index is 1.62. The maximum Gasteiger partial charge on any atom is 0.250 e. The summed E-state index contributed by atoms with van der Waals surface area (Å²) in [6.07, 6.45) is 3.26. The van der Waals surface area contributed by atoms with Crippen molar-refractivity contribution in [1.82, 2.24) is 9.88 Å². The number of carbonyl (C=O) groups excluding carboxylic acids is 2. The monoisotopic (exact) mass is 461 g/mol. The van der Waals surface area contributed by atoms with E-state index in [1.165, 1.54) is 0 Å². The van der Waals surface area contributed by atoms with Crippen LogP contribution in [-0.2, 0) is 10.3 Å². The molecule has 2 fully saturated rings. The van der Waals surface area contributed by atoms with Gasteiger partial charge in [0.1, 0.15) is 5.54 Å². The Kier molecular flexibility index (Phi) is 4.64. The first kappa shape index (κ1) is 20.0. The van der Waals surface area contributed by atoms with Gasteiger partial charge in [-0.1, -0.05) is 41.9 Å². The van der Waals surface area contributed by atoms with Crippen molar-refractivity contribution in [2.24, 2.45) is 5.92 Å². The van der Waals surface area contributed by atoms with Crippen LogP contribution < -0.4 is 5.32 Å². The molecule has 6 rings (SSSR count). The van der Waals surface area contributed by atoms with Gasteiger partial charge in [-0.3, -0.25) is 19.5 Å². The number of aromatic nitrogens is 1. The van der Waals surface area contributed by atoms with Gasteiger partial charge in [0, 0.05) is 57.8 Å². The maximum absolute atomic E-state index is 14.2. The molecule has 0 unspecified atom stereocenters. The van der Waals surface area contributed by atoms with E-state index < -0.39 is 11.5 Å². The normalized spacial score (nSPS) is 28.5. The standard InChI is InChI=1S/C25H20ClN3O2S/c26-17-9-7-15(8-10-17)21-20-13-32-14-29(20)25(18-5-1-2-6-19(18)28-24(25)31)22(21)23(30)16-4-3-11-27-12-16/h1-12,20-22H,13-14H2,(H,28,31)/t20-,21-,22-,25+/m1/s1. The molecule has 32 heavy (non-hydrogen) atoms. The topological polar surface area (TPSA) is 62.3 Å². The van der Waals surface area contributed by atoms with Crippen molar-refractivity contribution in [1.29, 1.82) is 0 Å². The molecule has 7 heteroatoms. The smallest absolute Gasteiger partial charge is 0.250 e. The van der Waals surface area contributed by atoms with Crippen molar-refractivity contribution < 1.29 is 9.59 Å². The average molecular weight is 462 g/mol. The molecule has 3 aromatic rings. The van der Waals surface area contributed by atoms with Crippen LogP contribution in [0.15, 0.2) is 73.1 Å². The fourth-order valence-electron chi connectivity index (χ4n) is 5.78. The second kappa shape index (κ2) is 7.44. The molecule has 0 aliphatic carbocycles. The Morgan fingerprint density at radius 1 is 1.12 bits per heavy atom. The molecule has 0 bridgehead atoms. The Morgan fingerprint density at radius 3 is 2.72 bits per heavy atom. The number of ketones is 1. The zero-order chi connectivity index (χ0) is 21.9. The Hall–Kier alpha value is -2.67.